The van der Waals surface area contributed by atoms with E-state index in [1.54, 1.807) is 17.6 Å². The number of thiophene rings is 1. The van der Waals surface area contributed by atoms with Gasteiger partial charge in [-0.2, -0.15) is 4.98 Å². The minimum Gasteiger partial charge on any atom is -0.468 e. The molecule has 0 N–H and O–H groups in total. The van der Waals surface area contributed by atoms with Crippen LogP contribution < -0.4 is 0 Å². The van der Waals surface area contributed by atoms with E-state index in [9.17, 15) is 0 Å². The van der Waals surface area contributed by atoms with Gasteiger partial charge in [0.05, 0.1) is 19.4 Å². The van der Waals surface area contributed by atoms with Crippen molar-refractivity contribution in [3.63, 3.8) is 0 Å². The minimum absolute atomic E-state index is 0.134. The molecule has 0 saturated heterocycles. The Bertz CT molecular complexity index is 675. The topological polar surface area (TPSA) is 55.3 Å². The zero-order valence-electron chi connectivity index (χ0n) is 13.7. The van der Waals surface area contributed by atoms with Crippen LogP contribution in [0.2, 0.25) is 0 Å². The van der Waals surface area contributed by atoms with Crippen LogP contribution in [0.4, 0.5) is 0 Å². The monoisotopic (exact) mass is 331 g/mol. The molecule has 0 spiro atoms. The van der Waals surface area contributed by atoms with E-state index in [2.05, 4.69) is 53.3 Å². The Balaban J connectivity index is 1.73. The number of rotatable bonds is 6. The summed E-state index contributed by atoms with van der Waals surface area (Å²) >= 11 is 1.75. The maximum absolute atomic E-state index is 5.48. The normalized spacial score (nSPS) is 12.2. The summed E-state index contributed by atoms with van der Waals surface area (Å²) in [6.07, 6.45) is 1.70. The van der Waals surface area contributed by atoms with Crippen LogP contribution in [0.15, 0.2) is 44.8 Å². The maximum atomic E-state index is 5.48. The highest BCUT2D eigenvalue weighted by Crippen LogP contribution is 2.21. The lowest BCUT2D eigenvalue weighted by molar-refractivity contribution is 0.219. The van der Waals surface area contributed by atoms with Crippen LogP contribution in [-0.2, 0) is 25.0 Å². The van der Waals surface area contributed by atoms with Gasteiger partial charge in [-0.25, -0.2) is 0 Å². The highest BCUT2D eigenvalue weighted by atomic mass is 32.1. The lowest BCUT2D eigenvalue weighted by atomic mass is 9.97. The third-order valence-electron chi connectivity index (χ3n) is 3.39. The standard InChI is InChI=1S/C17H21N3O2S/c1-17(2,3)16-18-15(19-22-16)12-20(10-13-6-4-8-21-13)11-14-7-5-9-23-14/h4-9H,10-12H2,1-3H3. The molecular weight excluding hydrogens is 310 g/mol. The smallest absolute Gasteiger partial charge is 0.232 e. The third kappa shape index (κ3) is 4.30. The average Bonchev–Trinajstić information content (AvgIpc) is 3.18. The van der Waals surface area contributed by atoms with Crippen LogP contribution in [0, 0.1) is 0 Å². The predicted octanol–water partition coefficient (Wildman–Crippen LogP) is 4.22. The minimum atomic E-state index is -0.134. The lowest BCUT2D eigenvalue weighted by Crippen LogP contribution is -2.22. The summed E-state index contributed by atoms with van der Waals surface area (Å²) in [7, 11) is 0. The maximum Gasteiger partial charge on any atom is 0.232 e. The first-order valence-electron chi connectivity index (χ1n) is 7.61. The summed E-state index contributed by atoms with van der Waals surface area (Å²) in [5.74, 6) is 2.31. The molecule has 0 bridgehead atoms. The summed E-state index contributed by atoms with van der Waals surface area (Å²) in [5, 5.41) is 6.22. The molecule has 3 aromatic heterocycles. The Kier molecular flexibility index (Phi) is 4.63. The Labute approximate surface area is 139 Å². The first kappa shape index (κ1) is 16.0. The first-order chi connectivity index (χ1) is 11.0. The van der Waals surface area contributed by atoms with Crippen LogP contribution >= 0.6 is 11.3 Å². The molecule has 0 aromatic carbocycles. The largest absolute Gasteiger partial charge is 0.468 e. The average molecular weight is 331 g/mol. The molecule has 0 aliphatic heterocycles. The number of nitrogens with zero attached hydrogens (tertiary/aromatic N) is 3. The second-order valence-corrected chi connectivity index (χ2v) is 7.60. The highest BCUT2D eigenvalue weighted by Gasteiger charge is 2.22. The number of aromatic nitrogens is 2. The van der Waals surface area contributed by atoms with Gasteiger partial charge in [-0.1, -0.05) is 32.0 Å². The van der Waals surface area contributed by atoms with Crippen LogP contribution in [0.3, 0.4) is 0 Å². The predicted molar refractivity (Wildman–Crippen MR) is 89.0 cm³/mol. The Morgan fingerprint density at radius 3 is 2.61 bits per heavy atom. The molecule has 3 rings (SSSR count). The fraction of sp³-hybridized carbons (Fsp3) is 0.412. The first-order valence-corrected chi connectivity index (χ1v) is 8.49. The van der Waals surface area contributed by atoms with E-state index >= 15 is 0 Å². The van der Waals surface area contributed by atoms with E-state index in [-0.39, 0.29) is 5.41 Å². The summed E-state index contributed by atoms with van der Waals surface area (Å²) in [4.78, 5) is 8.09. The highest BCUT2D eigenvalue weighted by molar-refractivity contribution is 7.09. The molecule has 0 radical (unpaired) electrons. The molecule has 3 heterocycles. The fourth-order valence-corrected chi connectivity index (χ4v) is 2.98. The van der Waals surface area contributed by atoms with Crippen molar-refractivity contribution in [1.82, 2.24) is 15.0 Å². The van der Waals surface area contributed by atoms with E-state index in [4.69, 9.17) is 8.94 Å². The van der Waals surface area contributed by atoms with Crippen molar-refractivity contribution in [3.05, 3.63) is 58.3 Å². The van der Waals surface area contributed by atoms with Gasteiger partial charge in [-0.15, -0.1) is 11.3 Å². The number of hydrogen-bond donors (Lipinski definition) is 0. The summed E-state index contributed by atoms with van der Waals surface area (Å²) in [6, 6.07) is 8.09. The number of hydrogen-bond acceptors (Lipinski definition) is 6. The van der Waals surface area contributed by atoms with Gasteiger partial charge in [-0.05, 0) is 23.6 Å². The van der Waals surface area contributed by atoms with Gasteiger partial charge in [0.25, 0.3) is 0 Å². The fourth-order valence-electron chi connectivity index (χ4n) is 2.24. The van der Waals surface area contributed by atoms with Gasteiger partial charge in [-0.3, -0.25) is 4.90 Å². The zero-order chi connectivity index (χ0) is 16.3. The third-order valence-corrected chi connectivity index (χ3v) is 4.25. The van der Waals surface area contributed by atoms with Crippen molar-refractivity contribution < 1.29 is 8.94 Å². The van der Waals surface area contributed by atoms with Crippen LogP contribution in [0.5, 0.6) is 0 Å². The Hall–Kier alpha value is -1.92. The molecule has 122 valence electrons. The second-order valence-electron chi connectivity index (χ2n) is 6.57. The zero-order valence-corrected chi connectivity index (χ0v) is 14.5. The van der Waals surface area contributed by atoms with E-state index in [0.717, 1.165) is 12.3 Å². The van der Waals surface area contributed by atoms with Crippen molar-refractivity contribution in [2.45, 2.75) is 45.8 Å². The van der Waals surface area contributed by atoms with Gasteiger partial charge in [0, 0.05) is 16.8 Å². The molecule has 23 heavy (non-hydrogen) atoms. The van der Waals surface area contributed by atoms with Gasteiger partial charge < -0.3 is 8.94 Å². The van der Waals surface area contributed by atoms with Gasteiger partial charge in [0.1, 0.15) is 5.76 Å². The van der Waals surface area contributed by atoms with Crippen LogP contribution in [0.25, 0.3) is 0 Å². The Morgan fingerprint density at radius 2 is 2.00 bits per heavy atom. The molecule has 0 saturated carbocycles. The van der Waals surface area contributed by atoms with E-state index in [0.29, 0.717) is 24.8 Å². The van der Waals surface area contributed by atoms with Crippen LogP contribution in [0.1, 0.15) is 43.1 Å². The number of furan rings is 1. The second kappa shape index (κ2) is 6.68. The van der Waals surface area contributed by atoms with E-state index in [1.807, 2.05) is 12.1 Å². The van der Waals surface area contributed by atoms with Gasteiger partial charge >= 0.3 is 0 Å². The van der Waals surface area contributed by atoms with E-state index in [1.165, 1.54) is 4.88 Å². The molecule has 0 fully saturated rings. The molecule has 0 aliphatic carbocycles. The SMILES string of the molecule is CC(C)(C)c1nc(CN(Cc2ccco2)Cc2cccs2)no1. The van der Waals surface area contributed by atoms with Crippen LogP contribution in [-0.4, -0.2) is 15.0 Å². The Morgan fingerprint density at radius 1 is 1.13 bits per heavy atom. The van der Waals surface area contributed by atoms with Crippen molar-refractivity contribution in [1.29, 1.82) is 0 Å². The molecule has 0 unspecified atom stereocenters. The van der Waals surface area contributed by atoms with E-state index < -0.39 is 0 Å². The molecule has 5 nitrogen and oxygen atoms in total. The quantitative estimate of drug-likeness (QED) is 0.677. The van der Waals surface area contributed by atoms with Crippen molar-refractivity contribution >= 4 is 11.3 Å². The summed E-state index contributed by atoms with van der Waals surface area (Å²) in [5.41, 5.74) is -0.134. The molecule has 0 amide bonds. The molecule has 3 aromatic rings. The van der Waals surface area contributed by atoms with Gasteiger partial charge in [0.15, 0.2) is 5.82 Å². The summed E-state index contributed by atoms with van der Waals surface area (Å²) < 4.78 is 10.9. The lowest BCUT2D eigenvalue weighted by Gasteiger charge is -2.18. The molecular formula is C17H21N3O2S. The van der Waals surface area contributed by atoms with Crippen molar-refractivity contribution in [3.8, 4) is 0 Å². The van der Waals surface area contributed by atoms with Gasteiger partial charge in [0.2, 0.25) is 5.89 Å². The molecule has 0 aliphatic rings. The van der Waals surface area contributed by atoms with Crippen molar-refractivity contribution in [2.75, 3.05) is 0 Å². The molecule has 0 atom stereocenters. The molecule has 6 heteroatoms. The van der Waals surface area contributed by atoms with Crippen molar-refractivity contribution in [2.24, 2.45) is 0 Å². The summed E-state index contributed by atoms with van der Waals surface area (Å²) in [6.45, 7) is 8.36.